The third-order valence-corrected chi connectivity index (χ3v) is 4.96. The molecule has 2 heterocycles. The molecule has 4 rings (SSSR count). The lowest BCUT2D eigenvalue weighted by Gasteiger charge is -2.05. The predicted molar refractivity (Wildman–Crippen MR) is 114 cm³/mol. The van der Waals surface area contributed by atoms with Gasteiger partial charge in [0.15, 0.2) is 12.4 Å². The number of oxime groups is 1. The second kappa shape index (κ2) is 9.15. The lowest BCUT2D eigenvalue weighted by molar-refractivity contribution is 0.128. The molecule has 4 aromatic rings. The number of halogens is 1. The monoisotopic (exact) mass is 420 g/mol. The summed E-state index contributed by atoms with van der Waals surface area (Å²) in [5.41, 5.74) is 8.13. The molecule has 0 spiro atoms. The fourth-order valence-corrected chi connectivity index (χ4v) is 3.33. The number of hydrogen-bond acceptors (Lipinski definition) is 6. The molecule has 6 nitrogen and oxygen atoms in total. The molecular weight excluding hydrogens is 403 g/mol. The highest BCUT2D eigenvalue weighted by molar-refractivity contribution is 7.13. The highest BCUT2D eigenvalue weighted by atomic mass is 32.1. The highest BCUT2D eigenvalue weighted by Crippen LogP contribution is 2.24. The quantitative estimate of drug-likeness (QED) is 0.259. The molecular formula is C22H17FN4O2S. The summed E-state index contributed by atoms with van der Waals surface area (Å²) in [7, 11) is 0. The summed E-state index contributed by atoms with van der Waals surface area (Å²) < 4.78 is 18.7. The fraction of sp³-hybridized carbons (Fsp3) is 0.0455. The van der Waals surface area contributed by atoms with Crippen LogP contribution in [0.5, 0.6) is 11.6 Å². The van der Waals surface area contributed by atoms with Crippen LogP contribution in [-0.4, -0.2) is 15.8 Å². The van der Waals surface area contributed by atoms with E-state index in [1.54, 1.807) is 30.5 Å². The predicted octanol–water partition coefficient (Wildman–Crippen LogP) is 4.97. The van der Waals surface area contributed by atoms with Crippen LogP contribution >= 0.6 is 11.3 Å². The molecule has 0 aliphatic rings. The molecule has 0 amide bonds. The summed E-state index contributed by atoms with van der Waals surface area (Å²) in [6.07, 6.45) is 1.57. The van der Waals surface area contributed by atoms with Gasteiger partial charge in [-0.2, -0.15) is 0 Å². The van der Waals surface area contributed by atoms with E-state index in [0.29, 0.717) is 22.9 Å². The first kappa shape index (κ1) is 19.5. The van der Waals surface area contributed by atoms with Crippen LogP contribution in [-0.2, 0) is 11.4 Å². The maximum absolute atomic E-state index is 13.0. The third kappa shape index (κ3) is 4.98. The Morgan fingerprint density at radius 2 is 1.83 bits per heavy atom. The number of nitrogens with zero attached hydrogens (tertiary/aromatic N) is 3. The molecule has 0 aliphatic heterocycles. The van der Waals surface area contributed by atoms with E-state index >= 15 is 0 Å². The van der Waals surface area contributed by atoms with Gasteiger partial charge in [0.25, 0.3) is 0 Å². The molecule has 2 aromatic heterocycles. The number of pyridine rings is 1. The number of rotatable bonds is 7. The first-order valence-electron chi connectivity index (χ1n) is 9.02. The van der Waals surface area contributed by atoms with Crippen molar-refractivity contribution in [3.05, 3.63) is 95.4 Å². The van der Waals surface area contributed by atoms with Crippen LogP contribution in [0.4, 0.5) is 4.39 Å². The van der Waals surface area contributed by atoms with Gasteiger partial charge in [-0.1, -0.05) is 23.4 Å². The smallest absolute Gasteiger partial charge is 0.219 e. The Balaban J connectivity index is 1.33. The van der Waals surface area contributed by atoms with Crippen molar-refractivity contribution in [2.24, 2.45) is 10.9 Å². The van der Waals surface area contributed by atoms with Crippen LogP contribution in [0, 0.1) is 5.82 Å². The zero-order chi connectivity index (χ0) is 20.8. The Hall–Kier alpha value is -3.78. The molecule has 2 N–H and O–H groups in total. The van der Waals surface area contributed by atoms with Gasteiger partial charge < -0.3 is 15.3 Å². The number of benzene rings is 2. The van der Waals surface area contributed by atoms with Crippen LogP contribution in [0.2, 0.25) is 0 Å². The zero-order valence-electron chi connectivity index (χ0n) is 15.7. The number of hydrogen-bond donors (Lipinski definition) is 1. The number of ether oxygens (including phenoxy) is 1. The summed E-state index contributed by atoms with van der Waals surface area (Å²) in [4.78, 5) is 14.0. The second-order valence-electron chi connectivity index (χ2n) is 6.20. The van der Waals surface area contributed by atoms with Gasteiger partial charge in [0.1, 0.15) is 16.6 Å². The van der Waals surface area contributed by atoms with E-state index in [2.05, 4.69) is 15.1 Å². The van der Waals surface area contributed by atoms with Crippen molar-refractivity contribution in [1.29, 1.82) is 0 Å². The Kier molecular flexibility index (Phi) is 5.95. The van der Waals surface area contributed by atoms with E-state index in [1.807, 2.05) is 35.7 Å². The van der Waals surface area contributed by atoms with Crippen LogP contribution in [0.1, 0.15) is 11.3 Å². The van der Waals surface area contributed by atoms with E-state index in [4.69, 9.17) is 15.3 Å². The van der Waals surface area contributed by atoms with E-state index in [1.165, 1.54) is 23.5 Å². The van der Waals surface area contributed by atoms with Crippen molar-refractivity contribution in [3.63, 3.8) is 0 Å². The van der Waals surface area contributed by atoms with Crippen molar-refractivity contribution in [2.75, 3.05) is 0 Å². The van der Waals surface area contributed by atoms with Crippen molar-refractivity contribution >= 4 is 17.2 Å². The summed E-state index contributed by atoms with van der Waals surface area (Å²) in [5, 5.41) is 6.57. The van der Waals surface area contributed by atoms with E-state index in [9.17, 15) is 4.39 Å². The highest BCUT2D eigenvalue weighted by Gasteiger charge is 2.07. The minimum absolute atomic E-state index is 0.168. The molecule has 0 fully saturated rings. The maximum atomic E-state index is 13.0. The average Bonchev–Trinajstić information content (AvgIpc) is 3.24. The first-order chi connectivity index (χ1) is 14.7. The Bertz CT molecular complexity index is 1130. The van der Waals surface area contributed by atoms with Gasteiger partial charge in [-0.25, -0.2) is 14.4 Å². The standard InChI is InChI=1S/C22H17FN4O2S/c23-17-9-6-15(7-10-17)22-26-18(14-30-22)13-28-27-21(24)16-8-11-20(25-12-16)29-19-4-2-1-3-5-19/h1-12,14H,13H2,(H2,24,27). The van der Waals surface area contributed by atoms with Gasteiger partial charge in [-0.3, -0.25) is 0 Å². The first-order valence-corrected chi connectivity index (χ1v) is 9.90. The van der Waals surface area contributed by atoms with Gasteiger partial charge >= 0.3 is 0 Å². The number of nitrogens with two attached hydrogens (primary N) is 1. The lowest BCUT2D eigenvalue weighted by atomic mass is 10.2. The Morgan fingerprint density at radius 1 is 1.03 bits per heavy atom. The summed E-state index contributed by atoms with van der Waals surface area (Å²) in [5.74, 6) is 1.07. The lowest BCUT2D eigenvalue weighted by Crippen LogP contribution is -2.14. The molecule has 2 aromatic carbocycles. The summed E-state index contributed by atoms with van der Waals surface area (Å²) in [6, 6.07) is 19.0. The summed E-state index contributed by atoms with van der Waals surface area (Å²) >= 11 is 1.45. The van der Waals surface area contributed by atoms with Crippen molar-refractivity contribution in [3.8, 4) is 22.2 Å². The molecule has 8 heteroatoms. The average molecular weight is 420 g/mol. The molecule has 30 heavy (non-hydrogen) atoms. The topological polar surface area (TPSA) is 82.6 Å². The minimum Gasteiger partial charge on any atom is -0.439 e. The van der Waals surface area contributed by atoms with E-state index < -0.39 is 0 Å². The van der Waals surface area contributed by atoms with Gasteiger partial charge in [-0.15, -0.1) is 11.3 Å². The minimum atomic E-state index is -0.280. The summed E-state index contributed by atoms with van der Waals surface area (Å²) in [6.45, 7) is 0.168. The zero-order valence-corrected chi connectivity index (χ0v) is 16.6. The fourth-order valence-electron chi connectivity index (χ4n) is 2.52. The van der Waals surface area contributed by atoms with Crippen molar-refractivity contribution < 1.29 is 14.0 Å². The number of para-hydroxylation sites is 1. The van der Waals surface area contributed by atoms with Crippen LogP contribution in [0.25, 0.3) is 10.6 Å². The largest absolute Gasteiger partial charge is 0.439 e. The third-order valence-electron chi connectivity index (χ3n) is 4.02. The van der Waals surface area contributed by atoms with Gasteiger partial charge in [0, 0.05) is 28.8 Å². The van der Waals surface area contributed by atoms with E-state index in [0.717, 1.165) is 10.6 Å². The molecule has 0 radical (unpaired) electrons. The maximum Gasteiger partial charge on any atom is 0.219 e. The normalized spacial score (nSPS) is 11.3. The number of aromatic nitrogens is 2. The van der Waals surface area contributed by atoms with Crippen LogP contribution in [0.15, 0.2) is 83.5 Å². The van der Waals surface area contributed by atoms with Crippen LogP contribution < -0.4 is 10.5 Å². The van der Waals surface area contributed by atoms with Crippen molar-refractivity contribution in [1.82, 2.24) is 9.97 Å². The molecule has 0 bridgehead atoms. The molecule has 0 aliphatic carbocycles. The SMILES string of the molecule is N/C(=N/OCc1csc(-c2ccc(F)cc2)n1)c1ccc(Oc2ccccc2)nc1. The molecule has 0 saturated heterocycles. The second-order valence-corrected chi connectivity index (χ2v) is 7.06. The van der Waals surface area contributed by atoms with Gasteiger partial charge in [-0.05, 0) is 42.5 Å². The number of amidine groups is 1. The Morgan fingerprint density at radius 3 is 2.57 bits per heavy atom. The number of thiazole rings is 1. The Labute approximate surface area is 176 Å². The van der Waals surface area contributed by atoms with E-state index in [-0.39, 0.29) is 18.3 Å². The molecule has 150 valence electrons. The van der Waals surface area contributed by atoms with Gasteiger partial charge in [0.2, 0.25) is 5.88 Å². The van der Waals surface area contributed by atoms with Crippen molar-refractivity contribution in [2.45, 2.75) is 6.61 Å². The molecule has 0 atom stereocenters. The molecule has 0 saturated carbocycles. The molecule has 0 unspecified atom stereocenters. The van der Waals surface area contributed by atoms with Gasteiger partial charge in [0.05, 0.1) is 5.69 Å². The van der Waals surface area contributed by atoms with Crippen LogP contribution in [0.3, 0.4) is 0 Å².